The Hall–Kier alpha value is -3.09. The number of benzene rings is 2. The first-order valence-electron chi connectivity index (χ1n) is 7.84. The number of methoxy groups -OCH3 is 1. The van der Waals surface area contributed by atoms with E-state index >= 15 is 0 Å². The van der Waals surface area contributed by atoms with E-state index in [9.17, 15) is 4.79 Å². The third-order valence-electron chi connectivity index (χ3n) is 4.56. The Morgan fingerprint density at radius 1 is 0.920 bits per heavy atom. The Bertz CT molecular complexity index is 889. The van der Waals surface area contributed by atoms with Crippen molar-refractivity contribution in [1.82, 2.24) is 0 Å². The number of rotatable bonds is 2. The summed E-state index contributed by atoms with van der Waals surface area (Å²) in [6.45, 7) is 0.311. The zero-order valence-electron chi connectivity index (χ0n) is 13.4. The van der Waals surface area contributed by atoms with Gasteiger partial charge in [-0.05, 0) is 23.8 Å². The minimum Gasteiger partial charge on any atom is -0.493 e. The van der Waals surface area contributed by atoms with Gasteiger partial charge in [0.05, 0.1) is 13.5 Å². The van der Waals surface area contributed by atoms with Crippen molar-refractivity contribution in [2.45, 2.75) is 12.3 Å². The molecule has 5 rings (SSSR count). The van der Waals surface area contributed by atoms with Gasteiger partial charge in [-0.15, -0.1) is 0 Å². The molecule has 0 saturated carbocycles. The molecule has 1 unspecified atom stereocenters. The zero-order chi connectivity index (χ0) is 17.0. The lowest BCUT2D eigenvalue weighted by atomic mass is 9.86. The van der Waals surface area contributed by atoms with Crippen LogP contribution in [0, 0.1) is 0 Å². The lowest BCUT2D eigenvalue weighted by Crippen LogP contribution is -2.21. The minimum absolute atomic E-state index is 0.150. The average Bonchev–Trinajstić information content (AvgIpc) is 3.26. The molecule has 2 aromatic carbocycles. The molecule has 0 saturated heterocycles. The minimum atomic E-state index is -0.298. The van der Waals surface area contributed by atoms with E-state index in [1.165, 1.54) is 0 Å². The molecule has 0 spiro atoms. The van der Waals surface area contributed by atoms with Crippen molar-refractivity contribution in [3.63, 3.8) is 0 Å². The first-order chi connectivity index (χ1) is 12.2. The molecule has 0 N–H and O–H groups in total. The van der Waals surface area contributed by atoms with Crippen molar-refractivity contribution in [3.05, 3.63) is 35.4 Å². The number of ether oxygens (including phenoxy) is 6. The molecule has 0 aliphatic carbocycles. The van der Waals surface area contributed by atoms with Crippen molar-refractivity contribution in [1.29, 1.82) is 0 Å². The Labute approximate surface area is 143 Å². The van der Waals surface area contributed by atoms with E-state index < -0.39 is 0 Å². The van der Waals surface area contributed by atoms with Crippen molar-refractivity contribution < 1.29 is 33.2 Å². The van der Waals surface area contributed by atoms with Gasteiger partial charge >= 0.3 is 5.97 Å². The molecule has 25 heavy (non-hydrogen) atoms. The summed E-state index contributed by atoms with van der Waals surface area (Å²) in [5, 5.41) is 0. The third-order valence-corrected chi connectivity index (χ3v) is 4.56. The standard InChI is InChI=1S/C18H14O7/c1-20-15-2-9(3-16-18(15)24-8-23-16)10-5-17(19)25-12-6-14-13(4-11(10)12)21-7-22-14/h2-4,6,10H,5,7-8H2,1H3. The first kappa shape index (κ1) is 14.3. The maximum atomic E-state index is 12.1. The van der Waals surface area contributed by atoms with Crippen molar-refractivity contribution in [3.8, 4) is 34.5 Å². The SMILES string of the molecule is COc1cc(C2CC(=O)Oc3cc4c(cc32)OCO4)cc2c1OCO2. The number of carbonyl (C=O) groups excluding carboxylic acids is 1. The molecule has 0 amide bonds. The topological polar surface area (TPSA) is 72.5 Å². The highest BCUT2D eigenvalue weighted by atomic mass is 16.7. The molecule has 7 heteroatoms. The van der Waals surface area contributed by atoms with E-state index in [0.717, 1.165) is 11.1 Å². The second-order valence-electron chi connectivity index (χ2n) is 5.93. The van der Waals surface area contributed by atoms with Gasteiger partial charge in [-0.2, -0.15) is 0 Å². The second kappa shape index (κ2) is 5.20. The van der Waals surface area contributed by atoms with Crippen LogP contribution in [-0.4, -0.2) is 26.7 Å². The van der Waals surface area contributed by atoms with E-state index in [4.69, 9.17) is 28.4 Å². The number of hydrogen-bond donors (Lipinski definition) is 0. The van der Waals surface area contributed by atoms with Crippen LogP contribution in [0.5, 0.6) is 34.5 Å². The molecule has 2 aromatic rings. The summed E-state index contributed by atoms with van der Waals surface area (Å²) < 4.78 is 32.6. The third kappa shape index (κ3) is 2.15. The van der Waals surface area contributed by atoms with Crippen LogP contribution >= 0.6 is 0 Å². The number of esters is 1. The summed E-state index contributed by atoms with van der Waals surface area (Å²) in [5.41, 5.74) is 1.75. The fraction of sp³-hybridized carbons (Fsp3) is 0.278. The Morgan fingerprint density at radius 2 is 1.68 bits per heavy atom. The zero-order valence-corrected chi connectivity index (χ0v) is 13.4. The van der Waals surface area contributed by atoms with Crippen LogP contribution < -0.4 is 28.4 Å². The summed E-state index contributed by atoms with van der Waals surface area (Å²) in [6.07, 6.45) is 0.218. The normalized spacial score (nSPS) is 19.4. The summed E-state index contributed by atoms with van der Waals surface area (Å²) in [6, 6.07) is 7.31. The molecule has 128 valence electrons. The first-order valence-corrected chi connectivity index (χ1v) is 7.84. The van der Waals surface area contributed by atoms with Gasteiger partial charge in [0.15, 0.2) is 23.0 Å². The summed E-state index contributed by atoms with van der Waals surface area (Å²) in [4.78, 5) is 12.1. The van der Waals surface area contributed by atoms with Gasteiger partial charge < -0.3 is 28.4 Å². The number of hydrogen-bond acceptors (Lipinski definition) is 7. The fourth-order valence-corrected chi connectivity index (χ4v) is 3.39. The van der Waals surface area contributed by atoms with E-state index in [2.05, 4.69) is 0 Å². The number of carbonyl (C=O) groups is 1. The summed E-state index contributed by atoms with van der Waals surface area (Å²) in [7, 11) is 1.57. The Morgan fingerprint density at radius 3 is 2.52 bits per heavy atom. The van der Waals surface area contributed by atoms with E-state index in [1.807, 2.05) is 18.2 Å². The fourth-order valence-electron chi connectivity index (χ4n) is 3.39. The van der Waals surface area contributed by atoms with Crippen molar-refractivity contribution >= 4 is 5.97 Å². The molecular formula is C18H14O7. The van der Waals surface area contributed by atoms with Gasteiger partial charge in [0.25, 0.3) is 0 Å². The summed E-state index contributed by atoms with van der Waals surface area (Å²) >= 11 is 0. The highest BCUT2D eigenvalue weighted by Crippen LogP contribution is 2.49. The maximum absolute atomic E-state index is 12.1. The van der Waals surface area contributed by atoms with Crippen LogP contribution in [0.1, 0.15) is 23.5 Å². The van der Waals surface area contributed by atoms with Crippen LogP contribution in [0.15, 0.2) is 24.3 Å². The van der Waals surface area contributed by atoms with E-state index in [1.54, 1.807) is 13.2 Å². The van der Waals surface area contributed by atoms with E-state index in [0.29, 0.717) is 34.5 Å². The Balaban J connectivity index is 1.65. The Kier molecular flexibility index (Phi) is 2.97. The molecule has 0 fully saturated rings. The lowest BCUT2D eigenvalue weighted by molar-refractivity contribution is -0.135. The van der Waals surface area contributed by atoms with Crippen molar-refractivity contribution in [2.75, 3.05) is 20.7 Å². The van der Waals surface area contributed by atoms with Crippen LogP contribution in [0.3, 0.4) is 0 Å². The highest BCUT2D eigenvalue weighted by Gasteiger charge is 2.33. The largest absolute Gasteiger partial charge is 0.493 e. The molecule has 0 bridgehead atoms. The predicted molar refractivity (Wildman–Crippen MR) is 83.8 cm³/mol. The molecular weight excluding hydrogens is 328 g/mol. The number of fused-ring (bicyclic) bond motifs is 3. The molecule has 0 radical (unpaired) electrons. The molecule has 3 aliphatic heterocycles. The molecule has 7 nitrogen and oxygen atoms in total. The van der Waals surface area contributed by atoms with Gasteiger partial charge in [0.2, 0.25) is 19.3 Å². The smallest absolute Gasteiger partial charge is 0.312 e. The quantitative estimate of drug-likeness (QED) is 0.613. The highest BCUT2D eigenvalue weighted by molar-refractivity contribution is 5.79. The van der Waals surface area contributed by atoms with Crippen LogP contribution in [0.4, 0.5) is 0 Å². The van der Waals surface area contributed by atoms with Gasteiger partial charge in [-0.1, -0.05) is 0 Å². The van der Waals surface area contributed by atoms with E-state index in [-0.39, 0.29) is 31.9 Å². The second-order valence-corrected chi connectivity index (χ2v) is 5.93. The summed E-state index contributed by atoms with van der Waals surface area (Å²) in [5.74, 6) is 2.98. The van der Waals surface area contributed by atoms with Crippen LogP contribution in [-0.2, 0) is 4.79 Å². The van der Waals surface area contributed by atoms with Crippen LogP contribution in [0.25, 0.3) is 0 Å². The monoisotopic (exact) mass is 342 g/mol. The maximum Gasteiger partial charge on any atom is 0.312 e. The van der Waals surface area contributed by atoms with Gasteiger partial charge in [-0.25, -0.2) is 0 Å². The molecule has 3 heterocycles. The van der Waals surface area contributed by atoms with Crippen molar-refractivity contribution in [2.24, 2.45) is 0 Å². The predicted octanol–water partition coefficient (Wildman–Crippen LogP) is 2.59. The molecule has 3 aliphatic rings. The molecule has 0 aromatic heterocycles. The van der Waals surface area contributed by atoms with Gasteiger partial charge in [0, 0.05) is 17.5 Å². The van der Waals surface area contributed by atoms with Gasteiger partial charge in [0.1, 0.15) is 5.75 Å². The van der Waals surface area contributed by atoms with Gasteiger partial charge in [-0.3, -0.25) is 4.79 Å². The average molecular weight is 342 g/mol. The molecule has 1 atom stereocenters. The lowest BCUT2D eigenvalue weighted by Gasteiger charge is -2.25. The van der Waals surface area contributed by atoms with Crippen LogP contribution in [0.2, 0.25) is 0 Å².